The summed E-state index contributed by atoms with van der Waals surface area (Å²) in [7, 11) is 3.27. The van der Waals surface area contributed by atoms with Crippen molar-refractivity contribution in [1.82, 2.24) is 15.5 Å². The van der Waals surface area contributed by atoms with E-state index in [1.165, 1.54) is 32.8 Å². The van der Waals surface area contributed by atoms with Crippen LogP contribution in [0.5, 0.6) is 0 Å². The van der Waals surface area contributed by atoms with Crippen molar-refractivity contribution in [3.05, 3.63) is 0 Å². The molecule has 0 aromatic heterocycles. The molecule has 0 aromatic carbocycles. The smallest absolute Gasteiger partial charge is 0.409 e. The van der Waals surface area contributed by atoms with Crippen LogP contribution >= 0.6 is 0 Å². The highest BCUT2D eigenvalue weighted by Crippen LogP contribution is 2.54. The minimum atomic E-state index is -0.231. The Balaban J connectivity index is 1.51. The van der Waals surface area contributed by atoms with Crippen LogP contribution in [0.4, 0.5) is 4.79 Å². The lowest BCUT2D eigenvalue weighted by molar-refractivity contribution is -0.125. The zero-order valence-corrected chi connectivity index (χ0v) is 16.4. The SMILES string of the molecule is CCOC1CC(NC(=NC)NC2CCN(C(=O)OC)CC2)C12CCCC2. The minimum Gasteiger partial charge on any atom is -0.453 e. The van der Waals surface area contributed by atoms with Crippen LogP contribution in [-0.4, -0.2) is 69.0 Å². The molecule has 2 N–H and O–H groups in total. The van der Waals surface area contributed by atoms with E-state index in [1.54, 1.807) is 4.90 Å². The number of nitrogens with one attached hydrogen (secondary N) is 2. The fraction of sp³-hybridized carbons (Fsp3) is 0.895. The fourth-order valence-electron chi connectivity index (χ4n) is 4.95. The highest BCUT2D eigenvalue weighted by Gasteiger charge is 2.57. The summed E-state index contributed by atoms with van der Waals surface area (Å²) in [5.41, 5.74) is 0.294. The number of aliphatic imine (C=N–C) groups is 1. The number of hydrogen-bond acceptors (Lipinski definition) is 4. The maximum atomic E-state index is 11.6. The average molecular weight is 367 g/mol. The number of piperidine rings is 1. The van der Waals surface area contributed by atoms with Gasteiger partial charge in [0.15, 0.2) is 5.96 Å². The van der Waals surface area contributed by atoms with Crippen LogP contribution in [0.15, 0.2) is 4.99 Å². The Morgan fingerprint density at radius 1 is 1.23 bits per heavy atom. The van der Waals surface area contributed by atoms with Gasteiger partial charge in [-0.1, -0.05) is 12.8 Å². The van der Waals surface area contributed by atoms with Crippen molar-refractivity contribution in [2.75, 3.05) is 33.9 Å². The van der Waals surface area contributed by atoms with Crippen LogP contribution in [0.1, 0.15) is 51.9 Å². The summed E-state index contributed by atoms with van der Waals surface area (Å²) >= 11 is 0. The Morgan fingerprint density at radius 2 is 1.92 bits per heavy atom. The topological polar surface area (TPSA) is 75.2 Å². The van der Waals surface area contributed by atoms with Gasteiger partial charge in [-0.3, -0.25) is 4.99 Å². The lowest BCUT2D eigenvalue weighted by Gasteiger charge is -2.54. The van der Waals surface area contributed by atoms with Crippen molar-refractivity contribution in [3.63, 3.8) is 0 Å². The molecule has 26 heavy (non-hydrogen) atoms. The summed E-state index contributed by atoms with van der Waals surface area (Å²) in [5.74, 6) is 0.882. The third-order valence-electron chi connectivity index (χ3n) is 6.49. The van der Waals surface area contributed by atoms with Crippen LogP contribution in [0.3, 0.4) is 0 Å². The summed E-state index contributed by atoms with van der Waals surface area (Å²) in [4.78, 5) is 17.8. The molecular weight excluding hydrogens is 332 g/mol. The number of ether oxygens (including phenoxy) is 2. The van der Waals surface area contributed by atoms with E-state index >= 15 is 0 Å². The van der Waals surface area contributed by atoms with Gasteiger partial charge in [0, 0.05) is 44.2 Å². The number of guanidine groups is 1. The Bertz CT molecular complexity index is 511. The van der Waals surface area contributed by atoms with E-state index in [-0.39, 0.29) is 6.09 Å². The Morgan fingerprint density at radius 3 is 2.50 bits per heavy atom. The molecule has 1 amide bonds. The van der Waals surface area contributed by atoms with E-state index in [0.717, 1.165) is 44.9 Å². The van der Waals surface area contributed by atoms with E-state index in [4.69, 9.17) is 9.47 Å². The minimum absolute atomic E-state index is 0.231. The average Bonchev–Trinajstić information content (AvgIpc) is 3.19. The molecule has 1 heterocycles. The molecule has 3 fully saturated rings. The Hall–Kier alpha value is -1.50. The van der Waals surface area contributed by atoms with E-state index in [2.05, 4.69) is 22.5 Å². The third kappa shape index (κ3) is 3.77. The van der Waals surface area contributed by atoms with Crippen molar-refractivity contribution in [2.24, 2.45) is 10.4 Å². The number of rotatable bonds is 4. The molecular formula is C19H34N4O3. The Labute approximate surface area is 156 Å². The van der Waals surface area contributed by atoms with Gasteiger partial charge in [-0.25, -0.2) is 4.79 Å². The zero-order chi connectivity index (χ0) is 18.6. The summed E-state index contributed by atoms with van der Waals surface area (Å²) in [6.45, 7) is 4.33. The van der Waals surface area contributed by atoms with Gasteiger partial charge in [0.05, 0.1) is 13.2 Å². The maximum absolute atomic E-state index is 11.6. The zero-order valence-electron chi connectivity index (χ0n) is 16.4. The molecule has 2 aliphatic carbocycles. The molecule has 148 valence electrons. The third-order valence-corrected chi connectivity index (χ3v) is 6.49. The molecule has 2 saturated carbocycles. The summed E-state index contributed by atoms with van der Waals surface area (Å²) in [6.07, 6.45) is 8.17. The number of likely N-dealkylation sites (tertiary alicyclic amines) is 1. The first-order valence-corrected chi connectivity index (χ1v) is 10.1. The van der Waals surface area contributed by atoms with E-state index in [9.17, 15) is 4.79 Å². The number of amides is 1. The monoisotopic (exact) mass is 366 g/mol. The van der Waals surface area contributed by atoms with Crippen molar-refractivity contribution < 1.29 is 14.3 Å². The highest BCUT2D eigenvalue weighted by atomic mass is 16.5. The molecule has 2 unspecified atom stereocenters. The van der Waals surface area contributed by atoms with E-state index < -0.39 is 0 Å². The second-order valence-electron chi connectivity index (χ2n) is 7.76. The molecule has 0 bridgehead atoms. The molecule has 1 spiro atoms. The summed E-state index contributed by atoms with van der Waals surface area (Å²) in [5, 5.41) is 7.23. The predicted octanol–water partition coefficient (Wildman–Crippen LogP) is 2.12. The second kappa shape index (κ2) is 8.46. The second-order valence-corrected chi connectivity index (χ2v) is 7.76. The first kappa shape index (κ1) is 19.3. The number of carbonyl (C=O) groups excluding carboxylic acids is 1. The fourth-order valence-corrected chi connectivity index (χ4v) is 4.95. The molecule has 2 atom stereocenters. The predicted molar refractivity (Wildman–Crippen MR) is 101 cm³/mol. The van der Waals surface area contributed by atoms with Crippen molar-refractivity contribution in [3.8, 4) is 0 Å². The van der Waals surface area contributed by atoms with Gasteiger partial charge in [0.25, 0.3) is 0 Å². The molecule has 3 rings (SSSR count). The summed E-state index contributed by atoms with van der Waals surface area (Å²) < 4.78 is 10.8. The standard InChI is InChI=1S/C19H34N4O3/c1-4-26-16-13-15(19(16)9-5-6-10-19)22-17(20-2)21-14-7-11-23(12-8-14)18(24)25-3/h14-16H,4-13H2,1-3H3,(H2,20,21,22). The number of methoxy groups -OCH3 is 1. The lowest BCUT2D eigenvalue weighted by atomic mass is 9.60. The normalized spacial score (nSPS) is 28.7. The molecule has 1 aliphatic heterocycles. The van der Waals surface area contributed by atoms with Gasteiger partial charge in [0.1, 0.15) is 0 Å². The lowest BCUT2D eigenvalue weighted by Crippen LogP contribution is -2.65. The van der Waals surface area contributed by atoms with Crippen molar-refractivity contribution in [2.45, 2.75) is 70.1 Å². The molecule has 0 radical (unpaired) electrons. The van der Waals surface area contributed by atoms with Crippen molar-refractivity contribution in [1.29, 1.82) is 0 Å². The Kier molecular flexibility index (Phi) is 6.27. The van der Waals surface area contributed by atoms with Crippen LogP contribution in [0.25, 0.3) is 0 Å². The summed E-state index contributed by atoms with van der Waals surface area (Å²) in [6, 6.07) is 0.785. The maximum Gasteiger partial charge on any atom is 0.409 e. The van der Waals surface area contributed by atoms with Crippen LogP contribution in [-0.2, 0) is 9.47 Å². The molecule has 1 saturated heterocycles. The van der Waals surface area contributed by atoms with E-state index in [0.29, 0.717) is 23.6 Å². The molecule has 7 heteroatoms. The number of nitrogens with zero attached hydrogens (tertiary/aromatic N) is 2. The first-order chi connectivity index (χ1) is 12.6. The van der Waals surface area contributed by atoms with Gasteiger partial charge in [0.2, 0.25) is 0 Å². The van der Waals surface area contributed by atoms with Crippen LogP contribution < -0.4 is 10.6 Å². The first-order valence-electron chi connectivity index (χ1n) is 10.1. The van der Waals surface area contributed by atoms with Gasteiger partial charge in [-0.2, -0.15) is 0 Å². The number of hydrogen-bond donors (Lipinski definition) is 2. The highest BCUT2D eigenvalue weighted by molar-refractivity contribution is 5.80. The molecule has 3 aliphatic rings. The molecule has 0 aromatic rings. The van der Waals surface area contributed by atoms with Gasteiger partial charge in [-0.15, -0.1) is 0 Å². The van der Waals surface area contributed by atoms with Crippen LogP contribution in [0, 0.1) is 5.41 Å². The van der Waals surface area contributed by atoms with Crippen molar-refractivity contribution >= 4 is 12.1 Å². The number of carbonyl (C=O) groups is 1. The van der Waals surface area contributed by atoms with Crippen LogP contribution in [0.2, 0.25) is 0 Å². The van der Waals surface area contributed by atoms with E-state index in [1.807, 2.05) is 7.05 Å². The quantitative estimate of drug-likeness (QED) is 0.589. The van der Waals surface area contributed by atoms with Gasteiger partial charge in [-0.05, 0) is 39.0 Å². The van der Waals surface area contributed by atoms with Gasteiger partial charge < -0.3 is 25.0 Å². The van der Waals surface area contributed by atoms with Gasteiger partial charge >= 0.3 is 6.09 Å². The molecule has 7 nitrogen and oxygen atoms in total. The largest absolute Gasteiger partial charge is 0.453 e.